The molecule has 2 aromatic carbocycles. The summed E-state index contributed by atoms with van der Waals surface area (Å²) in [6, 6.07) is 14.0. The normalized spacial score (nSPS) is 17.5. The Morgan fingerprint density at radius 1 is 1.08 bits per heavy atom. The summed E-state index contributed by atoms with van der Waals surface area (Å²) in [6.07, 6.45) is 4.33. The Morgan fingerprint density at radius 3 is 2.42 bits per heavy atom. The van der Waals surface area contributed by atoms with E-state index in [1.54, 1.807) is 0 Å². The van der Waals surface area contributed by atoms with Gasteiger partial charge in [-0.05, 0) is 35.2 Å². The maximum atomic E-state index is 13.1. The lowest BCUT2D eigenvalue weighted by molar-refractivity contribution is -0.134. The molecule has 5 nitrogen and oxygen atoms in total. The van der Waals surface area contributed by atoms with E-state index in [1.165, 1.54) is 6.92 Å². The van der Waals surface area contributed by atoms with Gasteiger partial charge in [0.05, 0.1) is 6.04 Å². The van der Waals surface area contributed by atoms with Crippen molar-refractivity contribution < 1.29 is 9.59 Å². The van der Waals surface area contributed by atoms with Crippen LogP contribution in [0.1, 0.15) is 50.6 Å². The highest BCUT2D eigenvalue weighted by Gasteiger charge is 2.40. The molecule has 26 heavy (non-hydrogen) atoms. The van der Waals surface area contributed by atoms with Gasteiger partial charge >= 0.3 is 0 Å². The highest BCUT2D eigenvalue weighted by Crippen LogP contribution is 2.29. The molecule has 0 saturated heterocycles. The van der Waals surface area contributed by atoms with Gasteiger partial charge in [0.15, 0.2) is 0 Å². The molecule has 2 aromatic rings. The molecule has 4 N–H and O–H groups in total. The zero-order valence-corrected chi connectivity index (χ0v) is 15.3. The third-order valence-corrected chi connectivity index (χ3v) is 5.27. The minimum absolute atomic E-state index is 0.129. The quantitative estimate of drug-likeness (QED) is 0.773. The number of amides is 2. The molecule has 1 saturated carbocycles. The smallest absolute Gasteiger partial charge is 0.246 e. The minimum Gasteiger partial charge on any atom is -0.346 e. The molecule has 2 amide bonds. The van der Waals surface area contributed by atoms with Crippen molar-refractivity contribution in [3.63, 3.8) is 0 Å². The third kappa shape index (κ3) is 3.88. The van der Waals surface area contributed by atoms with Crippen molar-refractivity contribution in [2.45, 2.75) is 50.6 Å². The van der Waals surface area contributed by atoms with Crippen molar-refractivity contribution in [2.24, 2.45) is 5.73 Å². The maximum Gasteiger partial charge on any atom is 0.246 e. The van der Waals surface area contributed by atoms with Gasteiger partial charge in [-0.2, -0.15) is 0 Å². The fourth-order valence-corrected chi connectivity index (χ4v) is 3.90. The Hall–Kier alpha value is -2.40. The average Bonchev–Trinajstić information content (AvgIpc) is 2.65. The van der Waals surface area contributed by atoms with Gasteiger partial charge in [0.1, 0.15) is 5.54 Å². The van der Waals surface area contributed by atoms with Crippen molar-refractivity contribution in [2.75, 3.05) is 6.54 Å². The first-order valence-electron chi connectivity index (χ1n) is 9.32. The molecule has 5 heteroatoms. The lowest BCUT2D eigenvalue weighted by Gasteiger charge is -2.37. The van der Waals surface area contributed by atoms with Crippen LogP contribution in [0.3, 0.4) is 0 Å². The summed E-state index contributed by atoms with van der Waals surface area (Å²) in [7, 11) is 0. The zero-order chi connectivity index (χ0) is 18.6. The van der Waals surface area contributed by atoms with E-state index in [4.69, 9.17) is 5.73 Å². The number of fused-ring (bicyclic) bond motifs is 1. The van der Waals surface area contributed by atoms with Gasteiger partial charge in [-0.15, -0.1) is 0 Å². The van der Waals surface area contributed by atoms with E-state index in [0.717, 1.165) is 35.6 Å². The second-order valence-electron chi connectivity index (χ2n) is 7.19. The van der Waals surface area contributed by atoms with Crippen molar-refractivity contribution in [1.82, 2.24) is 10.6 Å². The van der Waals surface area contributed by atoms with Crippen LogP contribution in [0.15, 0.2) is 42.5 Å². The number of nitrogens with one attached hydrogen (secondary N) is 2. The molecule has 0 aliphatic heterocycles. The molecule has 0 radical (unpaired) electrons. The average molecular weight is 353 g/mol. The Bertz CT molecular complexity index is 797. The monoisotopic (exact) mass is 353 g/mol. The van der Waals surface area contributed by atoms with E-state index < -0.39 is 5.54 Å². The Kier molecular flexibility index (Phi) is 5.57. The van der Waals surface area contributed by atoms with E-state index in [0.29, 0.717) is 19.4 Å². The first kappa shape index (κ1) is 18.4. The molecule has 1 atom stereocenters. The predicted octanol–water partition coefficient (Wildman–Crippen LogP) is 2.79. The van der Waals surface area contributed by atoms with E-state index in [9.17, 15) is 9.59 Å². The lowest BCUT2D eigenvalue weighted by Crippen LogP contribution is -2.60. The summed E-state index contributed by atoms with van der Waals surface area (Å²) in [5, 5.41) is 8.27. The van der Waals surface area contributed by atoms with Crippen LogP contribution in [-0.2, 0) is 9.59 Å². The SMILES string of the molecule is CC(=O)NC1(C(=O)NC(CN)c2ccc3ccccc3c2)CCCCC1. The van der Waals surface area contributed by atoms with Crippen molar-refractivity contribution in [3.8, 4) is 0 Å². The summed E-state index contributed by atoms with van der Waals surface area (Å²) in [5.41, 5.74) is 6.14. The van der Waals surface area contributed by atoms with Crippen LogP contribution in [0.4, 0.5) is 0 Å². The van der Waals surface area contributed by atoms with Gasteiger partial charge in [0.2, 0.25) is 11.8 Å². The molecule has 1 aliphatic rings. The Balaban J connectivity index is 1.82. The number of carbonyl (C=O) groups excluding carboxylic acids is 2. The van der Waals surface area contributed by atoms with Crippen LogP contribution in [0.2, 0.25) is 0 Å². The number of carbonyl (C=O) groups is 2. The molecular formula is C21H27N3O2. The molecule has 1 unspecified atom stereocenters. The Morgan fingerprint density at radius 2 is 1.77 bits per heavy atom. The molecule has 0 spiro atoms. The summed E-state index contributed by atoms with van der Waals surface area (Å²) in [5.74, 6) is -0.298. The second-order valence-corrected chi connectivity index (χ2v) is 7.19. The van der Waals surface area contributed by atoms with Crippen molar-refractivity contribution in [1.29, 1.82) is 0 Å². The first-order chi connectivity index (χ1) is 12.5. The van der Waals surface area contributed by atoms with E-state index in [-0.39, 0.29) is 17.9 Å². The molecule has 138 valence electrons. The lowest BCUT2D eigenvalue weighted by atomic mass is 9.80. The standard InChI is InChI=1S/C21H27N3O2/c1-15(25)24-21(11-5-2-6-12-21)20(26)23-19(14-22)18-10-9-16-7-3-4-8-17(16)13-18/h3-4,7-10,13,19H,2,5-6,11-12,14,22H2,1H3,(H,23,26)(H,24,25). The molecule has 1 aliphatic carbocycles. The van der Waals surface area contributed by atoms with Crippen molar-refractivity contribution >= 4 is 22.6 Å². The number of nitrogens with two attached hydrogens (primary N) is 1. The fraction of sp³-hybridized carbons (Fsp3) is 0.429. The second kappa shape index (κ2) is 7.87. The van der Waals surface area contributed by atoms with Crippen molar-refractivity contribution in [3.05, 3.63) is 48.0 Å². The summed E-state index contributed by atoms with van der Waals surface area (Å²) >= 11 is 0. The maximum absolute atomic E-state index is 13.1. The minimum atomic E-state index is -0.811. The van der Waals surface area contributed by atoms with Gasteiger partial charge in [-0.3, -0.25) is 9.59 Å². The van der Waals surface area contributed by atoms with E-state index in [1.807, 2.05) is 30.3 Å². The van der Waals surface area contributed by atoms with Gasteiger partial charge < -0.3 is 16.4 Å². The Labute approximate surface area is 154 Å². The molecule has 0 aromatic heterocycles. The third-order valence-electron chi connectivity index (χ3n) is 5.27. The number of rotatable bonds is 5. The predicted molar refractivity (Wildman–Crippen MR) is 104 cm³/mol. The molecule has 0 bridgehead atoms. The summed E-state index contributed by atoms with van der Waals surface area (Å²) < 4.78 is 0. The van der Waals surface area contributed by atoms with Gasteiger partial charge in [-0.25, -0.2) is 0 Å². The molecular weight excluding hydrogens is 326 g/mol. The highest BCUT2D eigenvalue weighted by molar-refractivity contribution is 5.91. The molecule has 3 rings (SSSR count). The van der Waals surface area contributed by atoms with Gasteiger partial charge in [0, 0.05) is 13.5 Å². The zero-order valence-electron chi connectivity index (χ0n) is 15.3. The van der Waals surface area contributed by atoms with E-state index >= 15 is 0 Å². The molecule has 1 fully saturated rings. The number of hydrogen-bond acceptors (Lipinski definition) is 3. The highest BCUT2D eigenvalue weighted by atomic mass is 16.2. The summed E-state index contributed by atoms with van der Waals surface area (Å²) in [6.45, 7) is 1.77. The van der Waals surface area contributed by atoms with Crippen LogP contribution in [-0.4, -0.2) is 23.9 Å². The first-order valence-corrected chi connectivity index (χ1v) is 9.32. The topological polar surface area (TPSA) is 84.2 Å². The van der Waals surface area contributed by atoms with E-state index in [2.05, 4.69) is 22.8 Å². The van der Waals surface area contributed by atoms with Gasteiger partial charge in [0.25, 0.3) is 0 Å². The van der Waals surface area contributed by atoms with Gasteiger partial charge in [-0.1, -0.05) is 55.7 Å². The fourth-order valence-electron chi connectivity index (χ4n) is 3.90. The largest absolute Gasteiger partial charge is 0.346 e. The van der Waals surface area contributed by atoms with Crippen LogP contribution < -0.4 is 16.4 Å². The molecule has 0 heterocycles. The number of hydrogen-bond donors (Lipinski definition) is 3. The van der Waals surface area contributed by atoms with Crippen LogP contribution in [0.25, 0.3) is 10.8 Å². The summed E-state index contributed by atoms with van der Waals surface area (Å²) in [4.78, 5) is 24.8. The van der Waals surface area contributed by atoms with Crippen LogP contribution >= 0.6 is 0 Å². The number of benzene rings is 2. The van der Waals surface area contributed by atoms with Crippen LogP contribution in [0.5, 0.6) is 0 Å². The van der Waals surface area contributed by atoms with Crippen LogP contribution in [0, 0.1) is 0 Å².